The molecule has 0 saturated heterocycles. The Morgan fingerprint density at radius 2 is 1.80 bits per heavy atom. The second kappa shape index (κ2) is 5.49. The normalized spacial score (nSPS) is 11.4. The Morgan fingerprint density at radius 3 is 2.33 bits per heavy atom. The van der Waals surface area contributed by atoms with Crippen molar-refractivity contribution in [3.63, 3.8) is 0 Å². The zero-order valence-electron chi connectivity index (χ0n) is 7.67. The molecule has 1 rings (SSSR count). The summed E-state index contributed by atoms with van der Waals surface area (Å²) in [5.41, 5.74) is 0. The lowest BCUT2D eigenvalue weighted by Gasteiger charge is -2.07. The van der Waals surface area contributed by atoms with Gasteiger partial charge in [0, 0.05) is 5.02 Å². The van der Waals surface area contributed by atoms with Crippen molar-refractivity contribution in [2.24, 2.45) is 0 Å². The number of phosphoric ester groups is 1. The quantitative estimate of drug-likeness (QED) is 0.618. The van der Waals surface area contributed by atoms with E-state index in [9.17, 15) is 4.57 Å². The summed E-state index contributed by atoms with van der Waals surface area (Å²) in [5.74, 6) is 0.564. The van der Waals surface area contributed by atoms with E-state index in [1.807, 2.05) is 0 Å². The predicted molar refractivity (Wildman–Crippen MR) is 54.9 cm³/mol. The van der Waals surface area contributed by atoms with E-state index in [0.29, 0.717) is 10.8 Å². The predicted octanol–water partition coefficient (Wildman–Crippen LogP) is 1.83. The summed E-state index contributed by atoms with van der Waals surface area (Å²) >= 11 is 5.65. The van der Waals surface area contributed by atoms with E-state index in [2.05, 4.69) is 4.52 Å². The van der Waals surface area contributed by atoms with Gasteiger partial charge in [0.15, 0.2) is 0 Å². The van der Waals surface area contributed by atoms with Crippen molar-refractivity contribution in [1.82, 2.24) is 0 Å². The monoisotopic (exact) mass is 252 g/mol. The van der Waals surface area contributed by atoms with Crippen LogP contribution in [-0.4, -0.2) is 23.0 Å². The van der Waals surface area contributed by atoms with Crippen molar-refractivity contribution in [2.45, 2.75) is 0 Å². The highest BCUT2D eigenvalue weighted by Crippen LogP contribution is 2.35. The molecule has 0 heterocycles. The van der Waals surface area contributed by atoms with Crippen LogP contribution in [0.2, 0.25) is 5.02 Å². The van der Waals surface area contributed by atoms with Crippen LogP contribution in [-0.2, 0) is 9.09 Å². The molecule has 0 radical (unpaired) electrons. The van der Waals surface area contributed by atoms with E-state index in [4.69, 9.17) is 26.1 Å². The largest absolute Gasteiger partial charge is 0.491 e. The molecule has 0 aliphatic carbocycles. The molecule has 0 atom stereocenters. The molecule has 1 aromatic carbocycles. The van der Waals surface area contributed by atoms with Crippen molar-refractivity contribution < 1.29 is 23.6 Å². The van der Waals surface area contributed by atoms with Crippen molar-refractivity contribution in [2.75, 3.05) is 13.2 Å². The standard InChI is InChI=1S/C8H10ClO5P/c9-7-1-3-8(4-2-7)13-5-6-14-15(10,11)12/h1-4H,5-6H2,(H2,10,11,12). The van der Waals surface area contributed by atoms with Gasteiger partial charge >= 0.3 is 7.82 Å². The third-order valence-corrected chi connectivity index (χ3v) is 2.20. The van der Waals surface area contributed by atoms with E-state index in [1.54, 1.807) is 24.3 Å². The summed E-state index contributed by atoms with van der Waals surface area (Å²) in [5, 5.41) is 0.591. The maximum atomic E-state index is 10.3. The first-order valence-electron chi connectivity index (χ1n) is 4.06. The molecule has 0 bridgehead atoms. The van der Waals surface area contributed by atoms with Gasteiger partial charge in [-0.05, 0) is 24.3 Å². The van der Waals surface area contributed by atoms with Crippen LogP contribution in [0.3, 0.4) is 0 Å². The van der Waals surface area contributed by atoms with Crippen molar-refractivity contribution in [3.8, 4) is 5.75 Å². The van der Waals surface area contributed by atoms with E-state index in [0.717, 1.165) is 0 Å². The van der Waals surface area contributed by atoms with Gasteiger partial charge in [0.05, 0.1) is 6.61 Å². The van der Waals surface area contributed by atoms with Crippen LogP contribution in [0.4, 0.5) is 0 Å². The van der Waals surface area contributed by atoms with Crippen LogP contribution >= 0.6 is 19.4 Å². The molecule has 84 valence electrons. The van der Waals surface area contributed by atoms with Gasteiger partial charge in [0.1, 0.15) is 12.4 Å². The number of hydrogen-bond donors (Lipinski definition) is 2. The van der Waals surface area contributed by atoms with Crippen LogP contribution in [0.15, 0.2) is 24.3 Å². The molecule has 0 spiro atoms. The lowest BCUT2D eigenvalue weighted by atomic mass is 10.3. The average Bonchev–Trinajstić information content (AvgIpc) is 2.14. The van der Waals surface area contributed by atoms with Crippen molar-refractivity contribution in [1.29, 1.82) is 0 Å². The first-order chi connectivity index (χ1) is 6.97. The second-order valence-electron chi connectivity index (χ2n) is 2.63. The second-order valence-corrected chi connectivity index (χ2v) is 4.30. The van der Waals surface area contributed by atoms with Crippen LogP contribution in [0, 0.1) is 0 Å². The van der Waals surface area contributed by atoms with Gasteiger partial charge in [-0.15, -0.1) is 0 Å². The van der Waals surface area contributed by atoms with Crippen LogP contribution in [0.1, 0.15) is 0 Å². The Kier molecular flexibility index (Phi) is 4.57. The van der Waals surface area contributed by atoms with Gasteiger partial charge in [-0.2, -0.15) is 0 Å². The fraction of sp³-hybridized carbons (Fsp3) is 0.250. The molecule has 0 saturated carbocycles. The fourth-order valence-electron chi connectivity index (χ4n) is 0.847. The molecule has 0 aliphatic heterocycles. The minimum Gasteiger partial charge on any atom is -0.491 e. The topological polar surface area (TPSA) is 76.0 Å². The number of phosphoric acid groups is 1. The maximum absolute atomic E-state index is 10.3. The van der Waals surface area contributed by atoms with Crippen molar-refractivity contribution >= 4 is 19.4 Å². The Labute approximate surface area is 91.8 Å². The molecule has 0 unspecified atom stereocenters. The molecule has 0 aliphatic rings. The summed E-state index contributed by atoms with van der Waals surface area (Å²) < 4.78 is 19.6. The molecule has 0 aromatic heterocycles. The third kappa shape index (κ3) is 5.77. The van der Waals surface area contributed by atoms with Crippen LogP contribution in [0.5, 0.6) is 5.75 Å². The average molecular weight is 253 g/mol. The Morgan fingerprint density at radius 1 is 1.20 bits per heavy atom. The van der Waals surface area contributed by atoms with Gasteiger partial charge in [0.2, 0.25) is 0 Å². The molecule has 15 heavy (non-hydrogen) atoms. The lowest BCUT2D eigenvalue weighted by molar-refractivity contribution is 0.160. The summed E-state index contributed by atoms with van der Waals surface area (Å²) in [7, 11) is -4.40. The highest BCUT2D eigenvalue weighted by atomic mass is 35.5. The smallest absolute Gasteiger partial charge is 0.469 e. The van der Waals surface area contributed by atoms with Gasteiger partial charge in [-0.1, -0.05) is 11.6 Å². The molecule has 0 amide bonds. The number of halogens is 1. The minimum atomic E-state index is -4.40. The Bertz CT molecular complexity index is 347. The Balaban J connectivity index is 2.26. The van der Waals surface area contributed by atoms with E-state index < -0.39 is 7.82 Å². The molecular weight excluding hydrogens is 243 g/mol. The first kappa shape index (κ1) is 12.5. The summed E-state index contributed by atoms with van der Waals surface area (Å²) in [6.07, 6.45) is 0. The van der Waals surface area contributed by atoms with Gasteiger partial charge < -0.3 is 14.5 Å². The number of benzene rings is 1. The summed E-state index contributed by atoms with van der Waals surface area (Å²) in [4.78, 5) is 16.7. The molecular formula is C8H10ClO5P. The van der Waals surface area contributed by atoms with Crippen LogP contribution in [0.25, 0.3) is 0 Å². The molecule has 2 N–H and O–H groups in total. The molecule has 0 fully saturated rings. The first-order valence-corrected chi connectivity index (χ1v) is 5.97. The van der Waals surface area contributed by atoms with Gasteiger partial charge in [0.25, 0.3) is 0 Å². The molecule has 1 aromatic rings. The Hall–Kier alpha value is -0.580. The highest BCUT2D eigenvalue weighted by molar-refractivity contribution is 7.46. The zero-order valence-corrected chi connectivity index (χ0v) is 9.32. The fourth-order valence-corrected chi connectivity index (χ4v) is 1.28. The van der Waals surface area contributed by atoms with Gasteiger partial charge in [-0.25, -0.2) is 4.57 Å². The van der Waals surface area contributed by atoms with E-state index >= 15 is 0 Å². The third-order valence-electron chi connectivity index (χ3n) is 1.43. The number of ether oxygens (including phenoxy) is 1. The zero-order chi connectivity index (χ0) is 11.3. The van der Waals surface area contributed by atoms with E-state index in [-0.39, 0.29) is 13.2 Å². The van der Waals surface area contributed by atoms with Crippen LogP contribution < -0.4 is 4.74 Å². The van der Waals surface area contributed by atoms with Crippen molar-refractivity contribution in [3.05, 3.63) is 29.3 Å². The molecule has 7 heteroatoms. The molecule has 5 nitrogen and oxygen atoms in total. The maximum Gasteiger partial charge on any atom is 0.469 e. The SMILES string of the molecule is O=P(O)(O)OCCOc1ccc(Cl)cc1. The summed E-state index contributed by atoms with van der Waals surface area (Å²) in [6.45, 7) is -0.111. The van der Waals surface area contributed by atoms with E-state index in [1.165, 1.54) is 0 Å². The summed E-state index contributed by atoms with van der Waals surface area (Å²) in [6, 6.07) is 6.61. The minimum absolute atomic E-state index is 0.0622. The number of hydrogen-bond acceptors (Lipinski definition) is 3. The number of rotatable bonds is 5. The highest BCUT2D eigenvalue weighted by Gasteiger charge is 2.12. The lowest BCUT2D eigenvalue weighted by Crippen LogP contribution is -2.05. The van der Waals surface area contributed by atoms with Gasteiger partial charge in [-0.3, -0.25) is 4.52 Å².